The molecule has 5 unspecified atom stereocenters. The van der Waals surface area contributed by atoms with E-state index in [0.29, 0.717) is 29.5 Å². The maximum absolute atomic E-state index is 10.2. The van der Waals surface area contributed by atoms with Crippen LogP contribution in [-0.4, -0.2) is 66.3 Å². The summed E-state index contributed by atoms with van der Waals surface area (Å²) in [6.45, 7) is 1.82. The van der Waals surface area contributed by atoms with E-state index in [-0.39, 0.29) is 28.6 Å². The van der Waals surface area contributed by atoms with Gasteiger partial charge in [0.25, 0.3) is 0 Å². The van der Waals surface area contributed by atoms with Crippen molar-refractivity contribution in [1.82, 2.24) is 0 Å². The van der Waals surface area contributed by atoms with Gasteiger partial charge in [-0.25, -0.2) is 0 Å². The smallest absolute Gasteiger partial charge is 0.0833 e. The van der Waals surface area contributed by atoms with Crippen LogP contribution in [0.1, 0.15) is 103 Å². The summed E-state index contributed by atoms with van der Waals surface area (Å²) in [5, 5.41) is 10.2. The molecule has 7 N–H and O–H groups in total. The van der Waals surface area contributed by atoms with Gasteiger partial charge in [-0.1, -0.05) is 38.5 Å². The molecule has 0 aromatic heterocycles. The van der Waals surface area contributed by atoms with Crippen LogP contribution in [0.4, 0.5) is 0 Å². The Kier molecular flexibility index (Phi) is 13.9. The van der Waals surface area contributed by atoms with Crippen molar-refractivity contribution in [3.05, 3.63) is 0 Å². The van der Waals surface area contributed by atoms with E-state index in [9.17, 15) is 5.11 Å². The number of hydrogen-bond acceptors (Lipinski definition) is 4. The molecule has 0 aromatic carbocycles. The van der Waals surface area contributed by atoms with Crippen LogP contribution in [0.5, 0.6) is 0 Å². The van der Waals surface area contributed by atoms with Crippen LogP contribution in [0.2, 0.25) is 0 Å². The molecular formula is C26H52O7. The zero-order chi connectivity index (χ0) is 20.8. The molecule has 7 heteroatoms. The van der Waals surface area contributed by atoms with Crippen LogP contribution < -0.4 is 0 Å². The quantitative estimate of drug-likeness (QED) is 0.574. The summed E-state index contributed by atoms with van der Waals surface area (Å²) in [7, 11) is 1.75. The summed E-state index contributed by atoms with van der Waals surface area (Å²) in [5.74, 6) is 1.31. The fraction of sp³-hybridized carbons (Fsp3) is 1.00. The normalized spacial score (nSPS) is 34.5. The van der Waals surface area contributed by atoms with Crippen molar-refractivity contribution in [3.63, 3.8) is 0 Å². The molecule has 198 valence electrons. The van der Waals surface area contributed by atoms with Gasteiger partial charge in [0.2, 0.25) is 0 Å². The summed E-state index contributed by atoms with van der Waals surface area (Å²) < 4.78 is 18.6. The molecule has 33 heavy (non-hydrogen) atoms. The third kappa shape index (κ3) is 8.13. The first-order chi connectivity index (χ1) is 14.7. The molecule has 4 aliphatic carbocycles. The highest BCUT2D eigenvalue weighted by Crippen LogP contribution is 2.50. The topological polar surface area (TPSA) is 142 Å². The fourth-order valence-corrected chi connectivity index (χ4v) is 7.09. The highest BCUT2D eigenvalue weighted by Gasteiger charge is 2.45. The molecule has 4 aliphatic rings. The Morgan fingerprint density at radius 2 is 1.45 bits per heavy atom. The lowest BCUT2D eigenvalue weighted by atomic mass is 9.67. The van der Waals surface area contributed by atoms with E-state index in [1.807, 2.05) is 0 Å². The SMILES string of the molecule is COC1CC(C2(COCC3CCCC(OC4CCCCC4)C3)CCCC2)CCC1O.O.O.O. The maximum atomic E-state index is 10.2. The minimum absolute atomic E-state index is 0. The molecule has 0 amide bonds. The predicted octanol–water partition coefficient (Wildman–Crippen LogP) is 3.17. The lowest BCUT2D eigenvalue weighted by molar-refractivity contribution is -0.0935. The number of methoxy groups -OCH3 is 1. The van der Waals surface area contributed by atoms with Crippen molar-refractivity contribution in [1.29, 1.82) is 0 Å². The lowest BCUT2D eigenvalue weighted by Crippen LogP contribution is -2.43. The van der Waals surface area contributed by atoms with Gasteiger partial charge in [0.1, 0.15) is 0 Å². The largest absolute Gasteiger partial charge is 0.412 e. The van der Waals surface area contributed by atoms with Crippen molar-refractivity contribution in [2.24, 2.45) is 17.3 Å². The molecule has 4 saturated carbocycles. The van der Waals surface area contributed by atoms with E-state index in [1.165, 1.54) is 83.5 Å². The van der Waals surface area contributed by atoms with Gasteiger partial charge in [-0.05, 0) is 81.5 Å². The van der Waals surface area contributed by atoms with Crippen molar-refractivity contribution in [2.45, 2.75) is 127 Å². The summed E-state index contributed by atoms with van der Waals surface area (Å²) in [4.78, 5) is 0. The van der Waals surface area contributed by atoms with E-state index in [2.05, 4.69) is 0 Å². The Bertz CT molecular complexity index is 505. The number of aliphatic hydroxyl groups excluding tert-OH is 1. The van der Waals surface area contributed by atoms with E-state index < -0.39 is 0 Å². The lowest BCUT2D eigenvalue weighted by Gasteiger charge is -2.43. The summed E-state index contributed by atoms with van der Waals surface area (Å²) in [5.41, 5.74) is 0.323. The highest BCUT2D eigenvalue weighted by molar-refractivity contribution is 4.95. The molecule has 7 nitrogen and oxygen atoms in total. The molecule has 5 atom stereocenters. The number of aliphatic hydroxyl groups is 1. The summed E-state index contributed by atoms with van der Waals surface area (Å²) >= 11 is 0. The van der Waals surface area contributed by atoms with Crippen molar-refractivity contribution in [3.8, 4) is 0 Å². The monoisotopic (exact) mass is 476 g/mol. The zero-order valence-electron chi connectivity index (χ0n) is 20.9. The Balaban J connectivity index is 0.00000181. The van der Waals surface area contributed by atoms with Crippen LogP contribution >= 0.6 is 0 Å². The Hall–Kier alpha value is -0.280. The van der Waals surface area contributed by atoms with Gasteiger partial charge in [-0.2, -0.15) is 0 Å². The third-order valence-electron chi connectivity index (χ3n) is 8.94. The van der Waals surface area contributed by atoms with E-state index in [0.717, 1.165) is 32.5 Å². The molecule has 0 radical (unpaired) electrons. The zero-order valence-corrected chi connectivity index (χ0v) is 20.9. The molecule has 0 aliphatic heterocycles. The van der Waals surface area contributed by atoms with Crippen LogP contribution in [0, 0.1) is 17.3 Å². The first-order valence-electron chi connectivity index (χ1n) is 13.1. The first kappa shape index (κ1) is 30.8. The van der Waals surface area contributed by atoms with Crippen LogP contribution in [0.15, 0.2) is 0 Å². The Labute approximate surface area is 200 Å². The first-order valence-corrected chi connectivity index (χ1v) is 13.1. The molecule has 4 rings (SSSR count). The van der Waals surface area contributed by atoms with E-state index >= 15 is 0 Å². The molecular weight excluding hydrogens is 424 g/mol. The van der Waals surface area contributed by atoms with Crippen molar-refractivity contribution >= 4 is 0 Å². The molecule has 4 fully saturated rings. The van der Waals surface area contributed by atoms with Crippen molar-refractivity contribution in [2.75, 3.05) is 20.3 Å². The van der Waals surface area contributed by atoms with Crippen LogP contribution in [0.3, 0.4) is 0 Å². The Morgan fingerprint density at radius 3 is 2.15 bits per heavy atom. The second-order valence-corrected chi connectivity index (χ2v) is 11.0. The Morgan fingerprint density at radius 1 is 0.758 bits per heavy atom. The standard InChI is InChI=1S/C26H46O4.3H2O/c1-28-25-17-21(12-13-24(25)27)26(14-5-6-15-26)19-29-18-20-8-7-11-23(16-20)30-22-9-3-2-4-10-22;;;/h20-25,27H,2-19H2,1H3;3*1H2. The fourth-order valence-electron chi connectivity index (χ4n) is 7.09. The van der Waals surface area contributed by atoms with Gasteiger partial charge in [-0.3, -0.25) is 0 Å². The number of hydrogen-bond donors (Lipinski definition) is 1. The second-order valence-electron chi connectivity index (χ2n) is 11.0. The van der Waals surface area contributed by atoms with Gasteiger partial charge < -0.3 is 35.7 Å². The second kappa shape index (κ2) is 15.0. The van der Waals surface area contributed by atoms with Gasteiger partial charge in [0.15, 0.2) is 0 Å². The molecule has 0 aromatic rings. The third-order valence-corrected chi connectivity index (χ3v) is 8.94. The molecule has 0 spiro atoms. The van der Waals surface area contributed by atoms with Gasteiger partial charge in [0, 0.05) is 13.7 Å². The van der Waals surface area contributed by atoms with Crippen LogP contribution in [-0.2, 0) is 14.2 Å². The van der Waals surface area contributed by atoms with Crippen LogP contribution in [0.25, 0.3) is 0 Å². The van der Waals surface area contributed by atoms with Gasteiger partial charge in [-0.15, -0.1) is 0 Å². The van der Waals surface area contributed by atoms with E-state index in [1.54, 1.807) is 7.11 Å². The van der Waals surface area contributed by atoms with Gasteiger partial charge >= 0.3 is 0 Å². The van der Waals surface area contributed by atoms with Gasteiger partial charge in [0.05, 0.1) is 31.0 Å². The maximum Gasteiger partial charge on any atom is 0.0833 e. The molecule has 0 saturated heterocycles. The number of rotatable bonds is 8. The number of ether oxygens (including phenoxy) is 3. The average molecular weight is 477 g/mol. The molecule has 0 heterocycles. The highest BCUT2D eigenvalue weighted by atomic mass is 16.5. The molecule has 0 bridgehead atoms. The minimum Gasteiger partial charge on any atom is -0.412 e. The van der Waals surface area contributed by atoms with Crippen molar-refractivity contribution < 1.29 is 35.7 Å². The predicted molar refractivity (Wildman–Crippen MR) is 130 cm³/mol. The summed E-state index contributed by atoms with van der Waals surface area (Å²) in [6, 6.07) is 0. The minimum atomic E-state index is -0.283. The van der Waals surface area contributed by atoms with E-state index in [4.69, 9.17) is 14.2 Å². The average Bonchev–Trinajstić information content (AvgIpc) is 3.25. The summed E-state index contributed by atoms with van der Waals surface area (Å²) in [6.07, 6.45) is 20.7.